The Morgan fingerprint density at radius 1 is 0.842 bits per heavy atom. The molecule has 0 bridgehead atoms. The summed E-state index contributed by atoms with van der Waals surface area (Å²) in [4.78, 5) is 14.6. The van der Waals surface area contributed by atoms with E-state index in [-0.39, 0.29) is 5.91 Å². The number of aromatic nitrogens is 1. The lowest BCUT2D eigenvalue weighted by molar-refractivity contribution is -0.669. The van der Waals surface area contributed by atoms with Crippen LogP contribution < -0.4 is 14.8 Å². The van der Waals surface area contributed by atoms with Gasteiger partial charge in [0, 0.05) is 65.9 Å². The molecule has 0 radical (unpaired) electrons. The van der Waals surface area contributed by atoms with Gasteiger partial charge < -0.3 is 10.2 Å². The smallest absolute Gasteiger partial charge is 0.248 e. The molecule has 1 aromatic heterocycles. The third-order valence-electron chi connectivity index (χ3n) is 6.29. The van der Waals surface area contributed by atoms with Gasteiger partial charge in [0.15, 0.2) is 0 Å². The first-order valence-corrected chi connectivity index (χ1v) is 13.8. The van der Waals surface area contributed by atoms with Crippen LogP contribution >= 0.6 is 23.2 Å². The summed E-state index contributed by atoms with van der Waals surface area (Å²) in [5.41, 5.74) is 6.22. The fourth-order valence-electron chi connectivity index (χ4n) is 4.39. The number of halogens is 2. The summed E-state index contributed by atoms with van der Waals surface area (Å²) in [6, 6.07) is 28.4. The van der Waals surface area contributed by atoms with Crippen molar-refractivity contribution in [3.05, 3.63) is 108 Å². The van der Waals surface area contributed by atoms with Crippen molar-refractivity contribution in [2.75, 3.05) is 35.1 Å². The van der Waals surface area contributed by atoms with Crippen LogP contribution in [-0.2, 0) is 11.3 Å². The number of hydrogen-bond acceptors (Lipinski definition) is 2. The molecule has 4 nitrogen and oxygen atoms in total. The zero-order chi connectivity index (χ0) is 26.7. The Balaban J connectivity index is 1.49. The second kappa shape index (κ2) is 13.8. The Morgan fingerprint density at radius 3 is 2.24 bits per heavy atom. The molecule has 1 amide bonds. The molecule has 0 saturated heterocycles. The highest BCUT2D eigenvalue weighted by Gasteiger charge is 2.13. The first-order chi connectivity index (χ1) is 18.6. The van der Waals surface area contributed by atoms with Crippen LogP contribution in [0.2, 0.25) is 0 Å². The molecule has 4 aromatic rings. The SMILES string of the molecule is CC[n+]1c(/C=C/c2ccc(N(CCCl)CCCl)cc2)ccc2cc(NC(=O)/C=C/c3ccccc3)ccc21. The maximum absolute atomic E-state index is 12.4. The molecule has 0 spiro atoms. The first-order valence-electron chi connectivity index (χ1n) is 12.8. The molecule has 38 heavy (non-hydrogen) atoms. The molecule has 0 atom stereocenters. The minimum absolute atomic E-state index is 0.157. The second-order valence-electron chi connectivity index (χ2n) is 8.80. The average Bonchev–Trinajstić information content (AvgIpc) is 2.95. The van der Waals surface area contributed by atoms with Crippen LogP contribution in [0.25, 0.3) is 29.1 Å². The van der Waals surface area contributed by atoms with Gasteiger partial charge in [-0.3, -0.25) is 4.79 Å². The van der Waals surface area contributed by atoms with Crippen LogP contribution in [0.3, 0.4) is 0 Å². The van der Waals surface area contributed by atoms with Gasteiger partial charge in [-0.1, -0.05) is 42.5 Å². The number of benzene rings is 3. The molecule has 0 saturated carbocycles. The number of nitrogens with zero attached hydrogens (tertiary/aromatic N) is 2. The largest absolute Gasteiger partial charge is 0.369 e. The lowest BCUT2D eigenvalue weighted by Gasteiger charge is -2.22. The molecule has 0 aliphatic rings. The summed E-state index contributed by atoms with van der Waals surface area (Å²) in [6.07, 6.45) is 7.62. The van der Waals surface area contributed by atoms with Gasteiger partial charge >= 0.3 is 0 Å². The van der Waals surface area contributed by atoms with E-state index in [2.05, 4.69) is 76.3 Å². The van der Waals surface area contributed by atoms with E-state index in [4.69, 9.17) is 23.2 Å². The predicted molar refractivity (Wildman–Crippen MR) is 163 cm³/mol. The molecule has 0 unspecified atom stereocenters. The lowest BCUT2D eigenvalue weighted by Crippen LogP contribution is -2.36. The van der Waals surface area contributed by atoms with Crippen molar-refractivity contribution < 1.29 is 9.36 Å². The summed E-state index contributed by atoms with van der Waals surface area (Å²) in [5.74, 6) is 0.975. The van der Waals surface area contributed by atoms with E-state index in [9.17, 15) is 4.79 Å². The molecular weight excluding hydrogens is 513 g/mol. The number of fused-ring (bicyclic) bond motifs is 1. The van der Waals surface area contributed by atoms with Crippen molar-refractivity contribution in [3.8, 4) is 0 Å². The molecule has 0 aliphatic heterocycles. The highest BCUT2D eigenvalue weighted by molar-refractivity contribution is 6.18. The van der Waals surface area contributed by atoms with Crippen molar-refractivity contribution in [1.29, 1.82) is 0 Å². The van der Waals surface area contributed by atoms with Crippen molar-refractivity contribution in [2.45, 2.75) is 13.5 Å². The van der Waals surface area contributed by atoms with Crippen LogP contribution in [0.1, 0.15) is 23.7 Å². The minimum atomic E-state index is -0.157. The molecular formula is C32H32Cl2N3O+. The van der Waals surface area contributed by atoms with E-state index in [1.54, 1.807) is 6.08 Å². The Morgan fingerprint density at radius 2 is 1.55 bits per heavy atom. The molecule has 6 heteroatoms. The normalized spacial score (nSPS) is 11.4. The fraction of sp³-hybridized carbons (Fsp3) is 0.188. The number of aryl methyl sites for hydroxylation is 1. The summed E-state index contributed by atoms with van der Waals surface area (Å²) in [5, 5.41) is 4.03. The van der Waals surface area contributed by atoms with Gasteiger partial charge in [0.2, 0.25) is 17.1 Å². The fourth-order valence-corrected chi connectivity index (χ4v) is 4.79. The quantitative estimate of drug-likeness (QED) is 0.122. The van der Waals surface area contributed by atoms with E-state index < -0.39 is 0 Å². The molecule has 1 heterocycles. The maximum Gasteiger partial charge on any atom is 0.248 e. The highest BCUT2D eigenvalue weighted by Crippen LogP contribution is 2.20. The van der Waals surface area contributed by atoms with Gasteiger partial charge in [0.1, 0.15) is 6.54 Å². The molecule has 0 fully saturated rings. The number of pyridine rings is 1. The Labute approximate surface area is 234 Å². The van der Waals surface area contributed by atoms with Gasteiger partial charge in [-0.2, -0.15) is 4.57 Å². The highest BCUT2D eigenvalue weighted by atomic mass is 35.5. The predicted octanol–water partition coefficient (Wildman–Crippen LogP) is 7.25. The Kier molecular flexibility index (Phi) is 9.97. The van der Waals surface area contributed by atoms with Crippen LogP contribution in [-0.4, -0.2) is 30.8 Å². The van der Waals surface area contributed by atoms with E-state index in [0.717, 1.165) is 58.7 Å². The number of carbonyl (C=O) groups excluding carboxylic acids is 1. The summed E-state index contributed by atoms with van der Waals surface area (Å²) >= 11 is 11.9. The van der Waals surface area contributed by atoms with Gasteiger partial charge in [-0.25, -0.2) is 0 Å². The van der Waals surface area contributed by atoms with Gasteiger partial charge in [0.25, 0.3) is 0 Å². The first kappa shape index (κ1) is 27.4. The average molecular weight is 546 g/mol. The molecule has 194 valence electrons. The van der Waals surface area contributed by atoms with E-state index in [1.807, 2.05) is 48.5 Å². The van der Waals surface area contributed by atoms with E-state index in [0.29, 0.717) is 11.8 Å². The van der Waals surface area contributed by atoms with Crippen molar-refractivity contribution >= 4 is 69.6 Å². The number of alkyl halides is 2. The van der Waals surface area contributed by atoms with Gasteiger partial charge in [-0.15, -0.1) is 23.2 Å². The standard InChI is InChI=1S/C32H31Cl2N3O/c1-2-37-30(16-10-26-8-14-29(15-9-26)36(22-20-33)23-21-34)17-12-27-24-28(13-18-31(27)37)35-32(38)19-11-25-6-4-3-5-7-25/h3-19,24H,2,20-23H2,1H3/p+1/b19-11+. The molecule has 0 aliphatic carbocycles. The third-order valence-corrected chi connectivity index (χ3v) is 6.63. The molecule has 3 aromatic carbocycles. The van der Waals surface area contributed by atoms with Crippen LogP contribution in [0.15, 0.2) is 91.0 Å². The van der Waals surface area contributed by atoms with Crippen LogP contribution in [0, 0.1) is 0 Å². The van der Waals surface area contributed by atoms with Crippen LogP contribution in [0.4, 0.5) is 11.4 Å². The zero-order valence-corrected chi connectivity index (χ0v) is 23.0. The van der Waals surface area contributed by atoms with Crippen molar-refractivity contribution in [3.63, 3.8) is 0 Å². The maximum atomic E-state index is 12.4. The summed E-state index contributed by atoms with van der Waals surface area (Å²) in [7, 11) is 0. The van der Waals surface area contributed by atoms with Gasteiger partial charge in [-0.05, 0) is 60.5 Å². The number of rotatable bonds is 11. The van der Waals surface area contributed by atoms with Crippen molar-refractivity contribution in [2.24, 2.45) is 0 Å². The van der Waals surface area contributed by atoms with Crippen LogP contribution in [0.5, 0.6) is 0 Å². The van der Waals surface area contributed by atoms with Crippen molar-refractivity contribution in [1.82, 2.24) is 0 Å². The zero-order valence-electron chi connectivity index (χ0n) is 21.5. The number of anilines is 2. The minimum Gasteiger partial charge on any atom is -0.369 e. The summed E-state index contributed by atoms with van der Waals surface area (Å²) < 4.78 is 2.27. The number of carbonyl (C=O) groups is 1. The topological polar surface area (TPSA) is 36.2 Å². The molecule has 4 rings (SSSR count). The number of amides is 1. The Hall–Kier alpha value is -3.60. The summed E-state index contributed by atoms with van der Waals surface area (Å²) in [6.45, 7) is 4.50. The monoisotopic (exact) mass is 544 g/mol. The Bertz CT molecular complexity index is 1410. The van der Waals surface area contributed by atoms with E-state index in [1.165, 1.54) is 0 Å². The molecule has 1 N–H and O–H groups in total. The second-order valence-corrected chi connectivity index (χ2v) is 9.56. The van der Waals surface area contributed by atoms with Gasteiger partial charge in [0.05, 0.1) is 0 Å². The number of nitrogens with one attached hydrogen (secondary N) is 1. The number of hydrogen-bond donors (Lipinski definition) is 1. The third kappa shape index (κ3) is 7.25. The lowest BCUT2D eigenvalue weighted by atomic mass is 10.1. The van der Waals surface area contributed by atoms with E-state index >= 15 is 0 Å².